The number of para-hydroxylation sites is 2. The van der Waals surface area contributed by atoms with Gasteiger partial charge in [-0.05, 0) is 24.3 Å². The monoisotopic (exact) mass is 296 g/mol. The van der Waals surface area contributed by atoms with E-state index in [0.29, 0.717) is 16.7 Å². The minimum atomic E-state index is -0.604. The average molecular weight is 296 g/mol. The molecular formula is C17H12O5. The highest BCUT2D eigenvalue weighted by molar-refractivity contribution is 5.96. The summed E-state index contributed by atoms with van der Waals surface area (Å²) in [6, 6.07) is 14.7. The molecule has 22 heavy (non-hydrogen) atoms. The Balaban J connectivity index is 2.03. The SMILES string of the molecule is COc1ccccc1C(=O)Oc1cc(=O)oc2ccccc12. The molecule has 0 unspecified atom stereocenters. The average Bonchev–Trinajstić information content (AvgIpc) is 2.54. The van der Waals surface area contributed by atoms with Crippen LogP contribution < -0.4 is 15.1 Å². The zero-order valence-electron chi connectivity index (χ0n) is 11.7. The third kappa shape index (κ3) is 2.56. The van der Waals surface area contributed by atoms with Crippen molar-refractivity contribution in [3.63, 3.8) is 0 Å². The molecule has 0 amide bonds. The molecular weight excluding hydrogens is 284 g/mol. The van der Waals surface area contributed by atoms with Gasteiger partial charge in [0.25, 0.3) is 0 Å². The maximum absolute atomic E-state index is 12.3. The lowest BCUT2D eigenvalue weighted by molar-refractivity contribution is 0.0733. The Morgan fingerprint density at radius 3 is 2.55 bits per heavy atom. The molecule has 0 bridgehead atoms. The number of carbonyl (C=O) groups excluding carboxylic acids is 1. The first kappa shape index (κ1) is 13.9. The molecule has 1 heterocycles. The number of carbonyl (C=O) groups is 1. The van der Waals surface area contributed by atoms with E-state index in [1.54, 1.807) is 48.5 Å². The summed E-state index contributed by atoms with van der Waals surface area (Å²) in [7, 11) is 1.47. The van der Waals surface area contributed by atoms with Gasteiger partial charge in [-0.3, -0.25) is 0 Å². The second kappa shape index (κ2) is 5.73. The van der Waals surface area contributed by atoms with Crippen molar-refractivity contribution >= 4 is 16.9 Å². The first-order valence-electron chi connectivity index (χ1n) is 6.57. The maximum Gasteiger partial charge on any atom is 0.347 e. The minimum absolute atomic E-state index is 0.155. The zero-order valence-corrected chi connectivity index (χ0v) is 11.7. The van der Waals surface area contributed by atoms with Crippen LogP contribution in [-0.4, -0.2) is 13.1 Å². The largest absolute Gasteiger partial charge is 0.496 e. The Kier molecular flexibility index (Phi) is 3.62. The Bertz CT molecular complexity index is 895. The number of methoxy groups -OCH3 is 1. The fourth-order valence-electron chi connectivity index (χ4n) is 2.13. The predicted octanol–water partition coefficient (Wildman–Crippen LogP) is 3.02. The molecule has 3 rings (SSSR count). The summed E-state index contributed by atoms with van der Waals surface area (Å²) in [5.41, 5.74) is 0.0571. The van der Waals surface area contributed by atoms with Crippen molar-refractivity contribution in [2.45, 2.75) is 0 Å². The highest BCUT2D eigenvalue weighted by Crippen LogP contribution is 2.25. The predicted molar refractivity (Wildman–Crippen MR) is 80.4 cm³/mol. The van der Waals surface area contributed by atoms with Crippen LogP contribution in [0.1, 0.15) is 10.4 Å². The van der Waals surface area contributed by atoms with Crippen LogP contribution in [0, 0.1) is 0 Å². The molecule has 1 aromatic heterocycles. The molecule has 0 atom stereocenters. The molecule has 0 saturated heterocycles. The Morgan fingerprint density at radius 1 is 1.00 bits per heavy atom. The van der Waals surface area contributed by atoms with Crippen LogP contribution in [0.4, 0.5) is 0 Å². The van der Waals surface area contributed by atoms with E-state index in [9.17, 15) is 9.59 Å². The van der Waals surface area contributed by atoms with E-state index in [0.717, 1.165) is 6.07 Å². The number of hydrogen-bond donors (Lipinski definition) is 0. The molecule has 0 aliphatic rings. The highest BCUT2D eigenvalue weighted by atomic mass is 16.5. The topological polar surface area (TPSA) is 65.7 Å². The molecule has 0 aliphatic carbocycles. The molecule has 0 radical (unpaired) electrons. The summed E-state index contributed by atoms with van der Waals surface area (Å²) in [5.74, 6) is -0.0456. The number of esters is 1. The molecule has 5 heteroatoms. The van der Waals surface area contributed by atoms with Crippen LogP contribution in [0.3, 0.4) is 0 Å². The number of fused-ring (bicyclic) bond motifs is 1. The molecule has 2 aromatic carbocycles. The molecule has 0 spiro atoms. The van der Waals surface area contributed by atoms with Crippen molar-refractivity contribution in [2.24, 2.45) is 0 Å². The fourth-order valence-corrected chi connectivity index (χ4v) is 2.13. The second-order valence-electron chi connectivity index (χ2n) is 4.52. The van der Waals surface area contributed by atoms with Crippen LogP contribution in [-0.2, 0) is 0 Å². The normalized spacial score (nSPS) is 10.4. The molecule has 0 aliphatic heterocycles. The number of ether oxygens (including phenoxy) is 2. The van der Waals surface area contributed by atoms with Gasteiger partial charge in [-0.25, -0.2) is 9.59 Å². The van der Waals surface area contributed by atoms with Crippen LogP contribution in [0.25, 0.3) is 11.0 Å². The Hall–Kier alpha value is -3.08. The van der Waals surface area contributed by atoms with E-state index in [4.69, 9.17) is 13.9 Å². The maximum atomic E-state index is 12.3. The molecule has 0 fully saturated rings. The van der Waals surface area contributed by atoms with Gasteiger partial charge in [-0.1, -0.05) is 24.3 Å². The first-order chi connectivity index (χ1) is 10.7. The number of rotatable bonds is 3. The Labute approximate surface area is 125 Å². The smallest absolute Gasteiger partial charge is 0.347 e. The van der Waals surface area contributed by atoms with Gasteiger partial charge in [0, 0.05) is 0 Å². The molecule has 3 aromatic rings. The lowest BCUT2D eigenvalue weighted by Gasteiger charge is -2.09. The van der Waals surface area contributed by atoms with Gasteiger partial charge in [0.15, 0.2) is 0 Å². The quantitative estimate of drug-likeness (QED) is 0.549. The lowest BCUT2D eigenvalue weighted by Crippen LogP contribution is -2.11. The number of hydrogen-bond acceptors (Lipinski definition) is 5. The van der Waals surface area contributed by atoms with Gasteiger partial charge in [0.2, 0.25) is 0 Å². The van der Waals surface area contributed by atoms with E-state index < -0.39 is 11.6 Å². The molecule has 0 saturated carbocycles. The van der Waals surface area contributed by atoms with E-state index in [2.05, 4.69) is 0 Å². The summed E-state index contributed by atoms with van der Waals surface area (Å²) >= 11 is 0. The molecule has 0 N–H and O–H groups in total. The first-order valence-corrected chi connectivity index (χ1v) is 6.57. The van der Waals surface area contributed by atoms with E-state index in [1.807, 2.05) is 0 Å². The zero-order chi connectivity index (χ0) is 15.5. The van der Waals surface area contributed by atoms with E-state index in [-0.39, 0.29) is 11.3 Å². The van der Waals surface area contributed by atoms with Crippen molar-refractivity contribution in [3.8, 4) is 11.5 Å². The van der Waals surface area contributed by atoms with Crippen molar-refractivity contribution in [2.75, 3.05) is 7.11 Å². The van der Waals surface area contributed by atoms with Gasteiger partial charge in [0.05, 0.1) is 18.6 Å². The second-order valence-corrected chi connectivity index (χ2v) is 4.52. The van der Waals surface area contributed by atoms with Crippen LogP contribution in [0.2, 0.25) is 0 Å². The van der Waals surface area contributed by atoms with Crippen molar-refractivity contribution in [3.05, 3.63) is 70.6 Å². The Morgan fingerprint density at radius 2 is 1.73 bits per heavy atom. The number of benzene rings is 2. The summed E-state index contributed by atoms with van der Waals surface area (Å²) in [6.45, 7) is 0. The third-order valence-corrected chi connectivity index (χ3v) is 3.14. The molecule has 110 valence electrons. The summed E-state index contributed by atoms with van der Waals surface area (Å²) in [5, 5.41) is 0.547. The van der Waals surface area contributed by atoms with Gasteiger partial charge in [-0.2, -0.15) is 0 Å². The van der Waals surface area contributed by atoms with Crippen molar-refractivity contribution in [1.29, 1.82) is 0 Å². The minimum Gasteiger partial charge on any atom is -0.496 e. The standard InChI is InChI=1S/C17H12O5/c1-20-13-8-4-3-7-12(13)17(19)22-15-10-16(18)21-14-9-5-2-6-11(14)15/h2-10H,1H3. The van der Waals surface area contributed by atoms with Crippen molar-refractivity contribution < 1.29 is 18.7 Å². The highest BCUT2D eigenvalue weighted by Gasteiger charge is 2.16. The fraction of sp³-hybridized carbons (Fsp3) is 0.0588. The molecule has 5 nitrogen and oxygen atoms in total. The summed E-state index contributed by atoms with van der Waals surface area (Å²) in [6.07, 6.45) is 0. The van der Waals surface area contributed by atoms with Crippen LogP contribution in [0.5, 0.6) is 11.5 Å². The lowest BCUT2D eigenvalue weighted by atomic mass is 10.2. The third-order valence-electron chi connectivity index (χ3n) is 3.14. The van der Waals surface area contributed by atoms with E-state index in [1.165, 1.54) is 7.11 Å². The van der Waals surface area contributed by atoms with Crippen LogP contribution in [0.15, 0.2) is 63.8 Å². The van der Waals surface area contributed by atoms with Crippen molar-refractivity contribution in [1.82, 2.24) is 0 Å². The van der Waals surface area contributed by atoms with Crippen LogP contribution >= 0.6 is 0 Å². The van der Waals surface area contributed by atoms with Gasteiger partial charge in [-0.15, -0.1) is 0 Å². The van der Waals surface area contributed by atoms with Gasteiger partial charge < -0.3 is 13.9 Å². The summed E-state index contributed by atoms with van der Waals surface area (Å²) in [4.78, 5) is 23.9. The van der Waals surface area contributed by atoms with Gasteiger partial charge >= 0.3 is 11.6 Å². The summed E-state index contributed by atoms with van der Waals surface area (Å²) < 4.78 is 15.6. The van der Waals surface area contributed by atoms with Gasteiger partial charge in [0.1, 0.15) is 22.6 Å². The van der Waals surface area contributed by atoms with E-state index >= 15 is 0 Å².